The molecule has 132 valence electrons. The molecular weight excluding hydrogens is 296 g/mol. The van der Waals surface area contributed by atoms with E-state index in [0.29, 0.717) is 45.6 Å². The number of esters is 1. The standard InChI is InChI=1S/C17H30N2O4/c1-4-7-11-18(10-5-2)15(20)16(21)19-12-8-14(9-13-19)17(22)23-6-3/h14H,4-13H2,1-3H3. The van der Waals surface area contributed by atoms with Gasteiger partial charge >= 0.3 is 17.8 Å². The lowest BCUT2D eigenvalue weighted by molar-refractivity contribution is -0.155. The van der Waals surface area contributed by atoms with Crippen LogP contribution in [-0.4, -0.2) is 60.4 Å². The number of carbonyl (C=O) groups excluding carboxylic acids is 3. The van der Waals surface area contributed by atoms with E-state index in [4.69, 9.17) is 4.74 Å². The average Bonchev–Trinajstić information content (AvgIpc) is 2.57. The zero-order valence-electron chi connectivity index (χ0n) is 14.7. The zero-order valence-corrected chi connectivity index (χ0v) is 14.7. The van der Waals surface area contributed by atoms with Crippen molar-refractivity contribution in [3.8, 4) is 0 Å². The molecular formula is C17H30N2O4. The molecule has 0 spiro atoms. The predicted octanol–water partition coefficient (Wildman–Crippen LogP) is 1.83. The molecule has 0 radical (unpaired) electrons. The summed E-state index contributed by atoms with van der Waals surface area (Å²) in [5, 5.41) is 0. The minimum atomic E-state index is -0.433. The number of nitrogens with zero attached hydrogens (tertiary/aromatic N) is 2. The van der Waals surface area contributed by atoms with E-state index >= 15 is 0 Å². The van der Waals surface area contributed by atoms with Gasteiger partial charge in [0.1, 0.15) is 0 Å². The Kier molecular flexibility index (Phi) is 8.66. The highest BCUT2D eigenvalue weighted by molar-refractivity contribution is 6.34. The SMILES string of the molecule is CCCCN(CCC)C(=O)C(=O)N1CCC(C(=O)OCC)CC1. The molecule has 2 amide bonds. The van der Waals surface area contributed by atoms with Crippen molar-refractivity contribution in [2.45, 2.75) is 52.9 Å². The fraction of sp³-hybridized carbons (Fsp3) is 0.824. The number of likely N-dealkylation sites (tertiary alicyclic amines) is 1. The van der Waals surface area contributed by atoms with E-state index in [0.717, 1.165) is 19.3 Å². The van der Waals surface area contributed by atoms with Gasteiger partial charge in [-0.25, -0.2) is 0 Å². The summed E-state index contributed by atoms with van der Waals surface area (Å²) in [5.41, 5.74) is 0. The summed E-state index contributed by atoms with van der Waals surface area (Å²) in [5.74, 6) is -1.19. The number of amides is 2. The second-order valence-electron chi connectivity index (χ2n) is 5.96. The first-order valence-electron chi connectivity index (χ1n) is 8.79. The third-order valence-electron chi connectivity index (χ3n) is 4.15. The molecule has 1 fully saturated rings. The molecule has 0 aromatic carbocycles. The summed E-state index contributed by atoms with van der Waals surface area (Å²) < 4.78 is 5.02. The van der Waals surface area contributed by atoms with Gasteiger partial charge in [0, 0.05) is 26.2 Å². The molecule has 0 atom stereocenters. The smallest absolute Gasteiger partial charge is 0.312 e. The first-order valence-corrected chi connectivity index (χ1v) is 8.79. The van der Waals surface area contributed by atoms with Gasteiger partial charge in [0.2, 0.25) is 0 Å². The van der Waals surface area contributed by atoms with E-state index < -0.39 is 11.8 Å². The number of carbonyl (C=O) groups is 3. The van der Waals surface area contributed by atoms with Gasteiger partial charge in [0.25, 0.3) is 0 Å². The van der Waals surface area contributed by atoms with Gasteiger partial charge < -0.3 is 14.5 Å². The Hall–Kier alpha value is -1.59. The van der Waals surface area contributed by atoms with Gasteiger partial charge in [0.05, 0.1) is 12.5 Å². The molecule has 23 heavy (non-hydrogen) atoms. The number of ether oxygens (including phenoxy) is 1. The largest absolute Gasteiger partial charge is 0.466 e. The Morgan fingerprint density at radius 3 is 2.22 bits per heavy atom. The maximum absolute atomic E-state index is 12.4. The van der Waals surface area contributed by atoms with Crippen LogP contribution in [0.4, 0.5) is 0 Å². The highest BCUT2D eigenvalue weighted by Gasteiger charge is 2.32. The molecule has 0 unspecified atom stereocenters. The molecule has 1 heterocycles. The van der Waals surface area contributed by atoms with Crippen molar-refractivity contribution in [1.82, 2.24) is 9.80 Å². The van der Waals surface area contributed by atoms with Crippen molar-refractivity contribution >= 4 is 17.8 Å². The summed E-state index contributed by atoms with van der Waals surface area (Å²) in [6, 6.07) is 0. The van der Waals surface area contributed by atoms with E-state index in [1.165, 1.54) is 0 Å². The molecule has 0 aromatic rings. The Morgan fingerprint density at radius 2 is 1.70 bits per heavy atom. The molecule has 1 aliphatic heterocycles. The van der Waals surface area contributed by atoms with Crippen molar-refractivity contribution in [3.63, 3.8) is 0 Å². The van der Waals surface area contributed by atoms with Crippen LogP contribution >= 0.6 is 0 Å². The Morgan fingerprint density at radius 1 is 1.04 bits per heavy atom. The van der Waals surface area contributed by atoms with Crippen LogP contribution in [0.1, 0.15) is 52.9 Å². The average molecular weight is 326 g/mol. The van der Waals surface area contributed by atoms with E-state index in [2.05, 4.69) is 6.92 Å². The molecule has 0 bridgehead atoms. The molecule has 1 aliphatic rings. The van der Waals surface area contributed by atoms with E-state index in [9.17, 15) is 14.4 Å². The van der Waals surface area contributed by atoms with Crippen LogP contribution in [-0.2, 0) is 19.1 Å². The monoisotopic (exact) mass is 326 g/mol. The van der Waals surface area contributed by atoms with Crippen molar-refractivity contribution in [2.24, 2.45) is 5.92 Å². The summed E-state index contributed by atoms with van der Waals surface area (Å²) in [6.45, 7) is 8.37. The second-order valence-corrected chi connectivity index (χ2v) is 5.96. The minimum Gasteiger partial charge on any atom is -0.466 e. The fourth-order valence-electron chi connectivity index (χ4n) is 2.78. The number of rotatable bonds is 7. The van der Waals surface area contributed by atoms with Gasteiger partial charge in [0.15, 0.2) is 0 Å². The van der Waals surface area contributed by atoms with Gasteiger partial charge in [-0.05, 0) is 32.6 Å². The first kappa shape index (κ1) is 19.5. The number of hydrogen-bond acceptors (Lipinski definition) is 4. The van der Waals surface area contributed by atoms with Gasteiger partial charge in [-0.1, -0.05) is 20.3 Å². The molecule has 0 saturated carbocycles. The molecule has 0 aliphatic carbocycles. The van der Waals surface area contributed by atoms with E-state index in [1.807, 2.05) is 6.92 Å². The van der Waals surface area contributed by atoms with Crippen LogP contribution in [0.15, 0.2) is 0 Å². The lowest BCUT2D eigenvalue weighted by Crippen LogP contribution is -2.49. The molecule has 0 N–H and O–H groups in total. The summed E-state index contributed by atoms with van der Waals surface area (Å²) >= 11 is 0. The van der Waals surface area contributed by atoms with Crippen molar-refractivity contribution in [1.29, 1.82) is 0 Å². The second kappa shape index (κ2) is 10.2. The van der Waals surface area contributed by atoms with Gasteiger partial charge in [-0.3, -0.25) is 14.4 Å². The van der Waals surface area contributed by atoms with Crippen molar-refractivity contribution in [2.75, 3.05) is 32.8 Å². The summed E-state index contributed by atoms with van der Waals surface area (Å²) in [4.78, 5) is 39.7. The normalized spacial score (nSPS) is 15.3. The maximum Gasteiger partial charge on any atom is 0.312 e. The van der Waals surface area contributed by atoms with E-state index in [1.54, 1.807) is 16.7 Å². The Labute approximate surface area is 139 Å². The van der Waals surface area contributed by atoms with E-state index in [-0.39, 0.29) is 11.9 Å². The minimum absolute atomic E-state index is 0.152. The topological polar surface area (TPSA) is 66.9 Å². The highest BCUT2D eigenvalue weighted by atomic mass is 16.5. The van der Waals surface area contributed by atoms with Crippen LogP contribution in [0.25, 0.3) is 0 Å². The quantitative estimate of drug-likeness (QED) is 0.529. The molecule has 1 saturated heterocycles. The molecule has 1 rings (SSSR count). The number of piperidine rings is 1. The first-order chi connectivity index (χ1) is 11.0. The zero-order chi connectivity index (χ0) is 17.2. The van der Waals surface area contributed by atoms with Crippen LogP contribution in [0.2, 0.25) is 0 Å². The summed E-state index contributed by atoms with van der Waals surface area (Å²) in [7, 11) is 0. The van der Waals surface area contributed by atoms with Gasteiger partial charge in [-0.2, -0.15) is 0 Å². The van der Waals surface area contributed by atoms with Crippen molar-refractivity contribution in [3.05, 3.63) is 0 Å². The lowest BCUT2D eigenvalue weighted by Gasteiger charge is -2.32. The lowest BCUT2D eigenvalue weighted by atomic mass is 9.97. The molecule has 0 aromatic heterocycles. The summed E-state index contributed by atoms with van der Waals surface area (Å²) in [6.07, 6.45) is 3.88. The van der Waals surface area contributed by atoms with Crippen LogP contribution in [0, 0.1) is 5.92 Å². The Balaban J connectivity index is 2.53. The van der Waals surface area contributed by atoms with Crippen LogP contribution in [0.3, 0.4) is 0 Å². The van der Waals surface area contributed by atoms with Crippen LogP contribution in [0.5, 0.6) is 0 Å². The number of unbranched alkanes of at least 4 members (excludes halogenated alkanes) is 1. The predicted molar refractivity (Wildman–Crippen MR) is 87.7 cm³/mol. The number of hydrogen-bond donors (Lipinski definition) is 0. The van der Waals surface area contributed by atoms with Gasteiger partial charge in [-0.15, -0.1) is 0 Å². The fourth-order valence-corrected chi connectivity index (χ4v) is 2.78. The highest BCUT2D eigenvalue weighted by Crippen LogP contribution is 2.19. The third kappa shape index (κ3) is 5.84. The third-order valence-corrected chi connectivity index (χ3v) is 4.15. The molecule has 6 heteroatoms. The van der Waals surface area contributed by atoms with Crippen molar-refractivity contribution < 1.29 is 19.1 Å². The Bertz CT molecular complexity index is 403. The van der Waals surface area contributed by atoms with Crippen LogP contribution < -0.4 is 0 Å². The molecule has 6 nitrogen and oxygen atoms in total. The maximum atomic E-state index is 12.4.